The Labute approximate surface area is 615 Å². The lowest BCUT2D eigenvalue weighted by Gasteiger charge is -2.41. The topological polar surface area (TPSA) is 415 Å². The molecule has 10 N–H and O–H groups in total. The van der Waals surface area contributed by atoms with Gasteiger partial charge in [0.25, 0.3) is 11.8 Å². The molecular weight excluding hydrogens is 1360 g/mol. The number of likely N-dealkylation sites (N-methyl/N-ethyl adjacent to an activating group) is 2. The Kier molecular flexibility index (Phi) is 37.5. The van der Waals surface area contributed by atoms with E-state index < -0.39 is 144 Å². The smallest absolute Gasteiger partial charge is 0.424 e. The Morgan fingerprint density at radius 3 is 1.88 bits per heavy atom. The predicted octanol–water partition coefficient (Wildman–Crippen LogP) is 2.87. The number of rotatable bonds is 46. The number of hydrazine groups is 1. The number of methoxy groups -OCH3 is 2. The molecule has 1 saturated heterocycles. The van der Waals surface area contributed by atoms with Crippen molar-refractivity contribution in [3.63, 3.8) is 0 Å². The highest BCUT2D eigenvalue weighted by atomic mass is 16.6. The molecule has 0 radical (unpaired) electrons. The molecule has 0 spiro atoms. The molecule has 0 aromatic heterocycles. The van der Waals surface area contributed by atoms with Crippen molar-refractivity contribution in [1.82, 2.24) is 56.6 Å². The molecule has 32 nitrogen and oxygen atoms in total. The number of imide groups is 1. The number of benzene rings is 2. The van der Waals surface area contributed by atoms with Crippen LogP contribution in [0.4, 0.5) is 15.3 Å². The maximum Gasteiger partial charge on any atom is 0.424 e. The van der Waals surface area contributed by atoms with E-state index in [2.05, 4.69) is 37.2 Å². The van der Waals surface area contributed by atoms with Crippen molar-refractivity contribution in [3.05, 3.63) is 77.9 Å². The van der Waals surface area contributed by atoms with Crippen LogP contribution in [-0.4, -0.2) is 249 Å². The summed E-state index contributed by atoms with van der Waals surface area (Å²) in [5, 5.41) is 31.6. The number of ether oxygens (including phenoxy) is 5. The Morgan fingerprint density at radius 1 is 0.667 bits per heavy atom. The Balaban J connectivity index is 1.32. The average molecular weight is 1480 g/mol. The minimum absolute atomic E-state index is 0.00325. The van der Waals surface area contributed by atoms with Gasteiger partial charge in [0.05, 0.1) is 63.1 Å². The summed E-state index contributed by atoms with van der Waals surface area (Å²) in [6.45, 7) is 17.0. The van der Waals surface area contributed by atoms with Crippen LogP contribution in [0.5, 0.6) is 0 Å². The summed E-state index contributed by atoms with van der Waals surface area (Å²) in [7, 11) is 7.54. The van der Waals surface area contributed by atoms with E-state index in [4.69, 9.17) is 29.4 Å². The lowest BCUT2D eigenvalue weighted by Crippen LogP contribution is -2.61. The molecule has 0 bridgehead atoms. The molecule has 1 fully saturated rings. The van der Waals surface area contributed by atoms with Gasteiger partial charge in [0.1, 0.15) is 36.8 Å². The third-order valence-electron chi connectivity index (χ3n) is 18.8. The number of hydrogen-bond acceptors (Lipinski definition) is 19. The first-order valence-electron chi connectivity index (χ1n) is 35.9. The van der Waals surface area contributed by atoms with Crippen molar-refractivity contribution in [2.45, 2.75) is 181 Å². The second-order valence-corrected chi connectivity index (χ2v) is 27.5. The van der Waals surface area contributed by atoms with Crippen molar-refractivity contribution in [2.24, 2.45) is 35.3 Å². The average Bonchev–Trinajstić information content (AvgIpc) is 1.80. The van der Waals surface area contributed by atoms with E-state index in [9.17, 15) is 67.4 Å². The van der Waals surface area contributed by atoms with Crippen molar-refractivity contribution >= 4 is 82.9 Å². The van der Waals surface area contributed by atoms with E-state index in [0.29, 0.717) is 37.1 Å². The summed E-state index contributed by atoms with van der Waals surface area (Å²) in [6.07, 6.45) is 1.69. The molecule has 2 aliphatic heterocycles. The number of nitrogens with zero attached hydrogens (tertiary/aromatic N) is 5. The van der Waals surface area contributed by atoms with E-state index in [0.717, 1.165) is 27.6 Å². The zero-order valence-corrected chi connectivity index (χ0v) is 63.3. The first-order chi connectivity index (χ1) is 49.8. The lowest BCUT2D eigenvalue weighted by molar-refractivity contribution is -0.149. The van der Waals surface area contributed by atoms with Crippen molar-refractivity contribution in [3.8, 4) is 0 Å². The van der Waals surface area contributed by atoms with E-state index in [-0.39, 0.29) is 109 Å². The fourth-order valence-electron chi connectivity index (χ4n) is 12.5. The number of carbonyl (C=O) groups is 13. The van der Waals surface area contributed by atoms with E-state index in [1.54, 1.807) is 116 Å². The number of urea groups is 1. The van der Waals surface area contributed by atoms with Crippen LogP contribution in [0.3, 0.4) is 0 Å². The zero-order chi connectivity index (χ0) is 78.2. The SMILES string of the molecule is CC[C@H](C)[C@@H]([C@@H](CC(=O)N1CCC[C@H]1[C@H](OC)[C@@H](C)C(=O)N[C@@H](Cc1ccccc1)C(=O)O)OC)N(C)C(=O)[C@@H](NC(=O)[C@H](C(C)C)N(C)N(C)C(=O)OCc1ccc(NC(=O)[C@H](CCCNC(N)=O)NC(=O)[C@@H](NC(=O)CCOCCOCCNC(=O)CCN2C(=O)C=CC2=O)C(C)C)cc1)C(C)C. The van der Waals surface area contributed by atoms with Crippen LogP contribution < -0.4 is 43.0 Å². The second kappa shape index (κ2) is 44.6. The molecule has 584 valence electrons. The van der Waals surface area contributed by atoms with Gasteiger partial charge in [-0.1, -0.05) is 111 Å². The zero-order valence-electron chi connectivity index (χ0n) is 63.3. The van der Waals surface area contributed by atoms with Crippen molar-refractivity contribution in [1.29, 1.82) is 0 Å². The van der Waals surface area contributed by atoms with Gasteiger partial charge in [-0.15, -0.1) is 0 Å². The summed E-state index contributed by atoms with van der Waals surface area (Å²) < 4.78 is 28.7. The highest BCUT2D eigenvalue weighted by Gasteiger charge is 2.44. The molecule has 32 heteroatoms. The van der Waals surface area contributed by atoms with Gasteiger partial charge in [-0.05, 0) is 72.6 Å². The molecule has 0 aliphatic carbocycles. The molecule has 4 rings (SSSR count). The van der Waals surface area contributed by atoms with Crippen LogP contribution in [0.1, 0.15) is 125 Å². The van der Waals surface area contributed by atoms with Crippen molar-refractivity contribution in [2.75, 3.05) is 93.3 Å². The molecule has 13 amide bonds. The number of nitrogens with two attached hydrogens (primary N) is 1. The number of likely N-dealkylation sites (tertiary alicyclic amines) is 1. The van der Waals surface area contributed by atoms with Crippen LogP contribution >= 0.6 is 0 Å². The Morgan fingerprint density at radius 2 is 1.30 bits per heavy atom. The van der Waals surface area contributed by atoms with Gasteiger partial charge < -0.3 is 81.5 Å². The number of carboxylic acid groups (broad SMARTS) is 1. The molecule has 2 aromatic rings. The fraction of sp³-hybridized carbons (Fsp3) is 0.630. The molecule has 11 atom stereocenters. The van der Waals surface area contributed by atoms with Gasteiger partial charge in [0.15, 0.2) is 0 Å². The van der Waals surface area contributed by atoms with E-state index in [1.165, 1.54) is 31.2 Å². The van der Waals surface area contributed by atoms with E-state index >= 15 is 0 Å². The Bertz CT molecular complexity index is 3230. The van der Waals surface area contributed by atoms with Gasteiger partial charge in [-0.3, -0.25) is 52.8 Å². The predicted molar refractivity (Wildman–Crippen MR) is 387 cm³/mol. The first kappa shape index (κ1) is 88.3. The summed E-state index contributed by atoms with van der Waals surface area (Å²) in [6, 6.07) is 7.90. The normalized spacial score (nSPS) is 16.5. The quantitative estimate of drug-likeness (QED) is 0.0261. The highest BCUT2D eigenvalue weighted by molar-refractivity contribution is 6.13. The monoisotopic (exact) mass is 1480 g/mol. The summed E-state index contributed by atoms with van der Waals surface area (Å²) in [5.41, 5.74) is 6.83. The molecule has 2 heterocycles. The van der Waals surface area contributed by atoms with Crippen LogP contribution in [0.2, 0.25) is 0 Å². The van der Waals surface area contributed by atoms with Crippen LogP contribution in [0.15, 0.2) is 66.7 Å². The third kappa shape index (κ3) is 28.0. The van der Waals surface area contributed by atoms with Gasteiger partial charge in [0, 0.05) is 98.6 Å². The number of carboxylic acids is 1. The van der Waals surface area contributed by atoms with Crippen molar-refractivity contribution < 1.29 is 91.1 Å². The Hall–Kier alpha value is -9.11. The molecule has 2 aromatic carbocycles. The van der Waals surface area contributed by atoms with Gasteiger partial charge in [-0.2, -0.15) is 0 Å². The van der Waals surface area contributed by atoms with Crippen LogP contribution in [0.25, 0.3) is 0 Å². The van der Waals surface area contributed by atoms with Gasteiger partial charge in [-0.25, -0.2) is 24.4 Å². The standard InChI is InChI=1S/C73H113N13O19/c1-15-47(8)64(55(101-13)42-60(91)85-35-20-24-54(85)65(102-14)48(9)66(92)79-53(71(97)98)41-49-21-17-16-18-22-49)82(10)70(96)62(45(4)5)81-69(95)63(46(6)7)83(11)84(12)73(100)105-43-50-25-27-51(28-26-50)77-67(93)52(23-19-33-76-72(74)99)78-68(94)61(44(2)3)80-57(88)32-37-103-39-40-104-38-34-75-56(87)31-36-86-58(89)29-30-59(86)90/h16-18,21-22,25-30,44-48,52-55,61-65H,15,19-20,23-24,31-43H2,1-14H3,(H,75,87)(H,77,93)(H,78,94)(H,79,92)(H,80,88)(H,81,95)(H,97,98)(H3,74,76,99)/t47-,48+,52-,53-,54-,55+,61-,62-,63-,64-,65+/m0/s1. The number of anilines is 1. The number of nitrogens with one attached hydrogen (secondary N) is 7. The number of primary amides is 1. The fourth-order valence-corrected chi connectivity index (χ4v) is 12.5. The molecule has 105 heavy (non-hydrogen) atoms. The molecule has 2 aliphatic rings. The minimum Gasteiger partial charge on any atom is -0.480 e. The number of hydrogen-bond donors (Lipinski definition) is 9. The largest absolute Gasteiger partial charge is 0.480 e. The minimum atomic E-state index is -1.20. The second-order valence-electron chi connectivity index (χ2n) is 27.5. The van der Waals surface area contributed by atoms with E-state index in [1.807, 2.05) is 19.9 Å². The summed E-state index contributed by atoms with van der Waals surface area (Å²) in [5.74, 6) is -8.32. The first-order valence-corrected chi connectivity index (χ1v) is 35.9. The van der Waals surface area contributed by atoms with Crippen LogP contribution in [0, 0.1) is 29.6 Å². The number of amides is 13. The van der Waals surface area contributed by atoms with Gasteiger partial charge in [0.2, 0.25) is 47.3 Å². The summed E-state index contributed by atoms with van der Waals surface area (Å²) >= 11 is 0. The van der Waals surface area contributed by atoms with Crippen LogP contribution in [-0.2, 0) is 89.5 Å². The highest BCUT2D eigenvalue weighted by Crippen LogP contribution is 2.30. The maximum absolute atomic E-state index is 14.9. The molecule has 0 unspecified atom stereocenters. The molecular formula is C73H113N13O19. The molecule has 0 saturated carbocycles. The maximum atomic E-state index is 14.9. The number of carbonyl (C=O) groups excluding carboxylic acids is 12. The summed E-state index contributed by atoms with van der Waals surface area (Å²) in [4.78, 5) is 175. The third-order valence-corrected chi connectivity index (χ3v) is 18.8. The van der Waals surface area contributed by atoms with Gasteiger partial charge >= 0.3 is 18.1 Å². The number of aliphatic carboxylic acids is 1. The lowest BCUT2D eigenvalue weighted by atomic mass is 9.89.